The smallest absolute Gasteiger partial charge is 0.254 e. The van der Waals surface area contributed by atoms with Gasteiger partial charge in [0.2, 0.25) is 0 Å². The summed E-state index contributed by atoms with van der Waals surface area (Å²) in [4.78, 5) is 14.5. The van der Waals surface area contributed by atoms with E-state index < -0.39 is 0 Å². The summed E-state index contributed by atoms with van der Waals surface area (Å²) in [5.41, 5.74) is 1.78. The second-order valence-electron chi connectivity index (χ2n) is 4.57. The molecule has 0 saturated heterocycles. The molecule has 0 atom stereocenters. The van der Waals surface area contributed by atoms with E-state index in [0.717, 1.165) is 24.1 Å². The summed E-state index contributed by atoms with van der Waals surface area (Å²) in [6, 6.07) is 9.76. The lowest BCUT2D eigenvalue weighted by Crippen LogP contribution is -2.32. The Morgan fingerprint density at radius 2 is 2.10 bits per heavy atom. The van der Waals surface area contributed by atoms with E-state index in [2.05, 4.69) is 12.7 Å². The molecule has 1 aliphatic carbocycles. The van der Waals surface area contributed by atoms with Gasteiger partial charge in [-0.3, -0.25) is 4.79 Å². The third-order valence-electron chi connectivity index (χ3n) is 3.16. The fraction of sp³-hybridized carbons (Fsp3) is 0.167. The maximum absolute atomic E-state index is 12.7. The number of hydrogen-bond acceptors (Lipinski definition) is 1. The van der Waals surface area contributed by atoms with Crippen LogP contribution < -0.4 is 4.90 Å². The molecule has 0 fully saturated rings. The first-order chi connectivity index (χ1) is 9.83. The van der Waals surface area contributed by atoms with Crippen molar-refractivity contribution >= 4 is 11.6 Å². The van der Waals surface area contributed by atoms with Gasteiger partial charge in [-0.25, -0.2) is 0 Å². The van der Waals surface area contributed by atoms with Crippen LogP contribution in [0.2, 0.25) is 0 Å². The molecule has 0 saturated carbocycles. The van der Waals surface area contributed by atoms with Crippen LogP contribution in [-0.2, 0) is 4.79 Å². The molecule has 0 unspecified atom stereocenters. The van der Waals surface area contributed by atoms with Gasteiger partial charge in [-0.2, -0.15) is 0 Å². The van der Waals surface area contributed by atoms with Crippen molar-refractivity contribution in [2.24, 2.45) is 0 Å². The minimum absolute atomic E-state index is 0.0780. The molecule has 0 spiro atoms. The number of para-hydroxylation sites is 1. The standard InChI is InChI=1S/C18H19NO/c1-2-3-10-15-19(17-13-8-5-9-14-17)18(20)16-11-6-4-7-12-16/h2-6,8-11,13-14H,1,7,12,15H2/b10-3+. The maximum atomic E-state index is 12.7. The second kappa shape index (κ2) is 7.29. The Bertz CT molecular complexity index is 552. The van der Waals surface area contributed by atoms with Crippen LogP contribution >= 0.6 is 0 Å². The number of anilines is 1. The lowest BCUT2D eigenvalue weighted by molar-refractivity contribution is -0.115. The number of nitrogens with zero attached hydrogens (tertiary/aromatic N) is 1. The van der Waals surface area contributed by atoms with Gasteiger partial charge in [0, 0.05) is 17.8 Å². The summed E-state index contributed by atoms with van der Waals surface area (Å²) in [6.07, 6.45) is 13.2. The predicted molar refractivity (Wildman–Crippen MR) is 84.6 cm³/mol. The summed E-state index contributed by atoms with van der Waals surface area (Å²) in [5.74, 6) is 0.0780. The average Bonchev–Trinajstić information content (AvgIpc) is 2.53. The van der Waals surface area contributed by atoms with Crippen LogP contribution in [0.3, 0.4) is 0 Å². The number of benzene rings is 1. The van der Waals surface area contributed by atoms with Crippen LogP contribution in [0.1, 0.15) is 12.8 Å². The lowest BCUT2D eigenvalue weighted by Gasteiger charge is -2.23. The van der Waals surface area contributed by atoms with Crippen LogP contribution in [0.25, 0.3) is 0 Å². The van der Waals surface area contributed by atoms with Gasteiger partial charge < -0.3 is 4.90 Å². The first-order valence-corrected chi connectivity index (χ1v) is 6.83. The number of rotatable bonds is 5. The highest BCUT2D eigenvalue weighted by molar-refractivity contribution is 6.06. The highest BCUT2D eigenvalue weighted by Crippen LogP contribution is 2.20. The Kier molecular flexibility index (Phi) is 5.13. The van der Waals surface area contributed by atoms with E-state index in [-0.39, 0.29) is 5.91 Å². The van der Waals surface area contributed by atoms with E-state index in [1.165, 1.54) is 0 Å². The van der Waals surface area contributed by atoms with Gasteiger partial charge in [0.15, 0.2) is 0 Å². The van der Waals surface area contributed by atoms with Crippen LogP contribution in [0.4, 0.5) is 5.69 Å². The van der Waals surface area contributed by atoms with Crippen molar-refractivity contribution in [1.29, 1.82) is 0 Å². The SMILES string of the molecule is C=C/C=C/CN(C(=O)C1=CC=CCC1)c1ccccc1. The molecule has 0 heterocycles. The molecular formula is C18H19NO. The summed E-state index contributed by atoms with van der Waals surface area (Å²) in [6.45, 7) is 4.21. The van der Waals surface area contributed by atoms with Gasteiger partial charge in [-0.1, -0.05) is 61.2 Å². The van der Waals surface area contributed by atoms with E-state index in [9.17, 15) is 4.79 Å². The van der Waals surface area contributed by atoms with Crippen molar-refractivity contribution < 1.29 is 4.79 Å². The summed E-state index contributed by atoms with van der Waals surface area (Å²) in [5, 5.41) is 0. The highest BCUT2D eigenvalue weighted by Gasteiger charge is 2.18. The largest absolute Gasteiger partial charge is 0.305 e. The van der Waals surface area contributed by atoms with Crippen molar-refractivity contribution in [1.82, 2.24) is 0 Å². The van der Waals surface area contributed by atoms with E-state index in [0.29, 0.717) is 6.54 Å². The van der Waals surface area contributed by atoms with Gasteiger partial charge in [-0.15, -0.1) is 0 Å². The molecule has 0 N–H and O–H groups in total. The molecule has 0 bridgehead atoms. The molecule has 0 aromatic heterocycles. The Hall–Kier alpha value is -2.35. The summed E-state index contributed by atoms with van der Waals surface area (Å²) < 4.78 is 0. The topological polar surface area (TPSA) is 20.3 Å². The van der Waals surface area contributed by atoms with Crippen molar-refractivity contribution in [2.75, 3.05) is 11.4 Å². The van der Waals surface area contributed by atoms with Gasteiger partial charge in [-0.05, 0) is 25.0 Å². The molecule has 20 heavy (non-hydrogen) atoms. The zero-order valence-electron chi connectivity index (χ0n) is 11.5. The minimum Gasteiger partial charge on any atom is -0.305 e. The fourth-order valence-corrected chi connectivity index (χ4v) is 2.13. The zero-order valence-corrected chi connectivity index (χ0v) is 11.5. The second-order valence-corrected chi connectivity index (χ2v) is 4.57. The summed E-state index contributed by atoms with van der Waals surface area (Å²) >= 11 is 0. The highest BCUT2D eigenvalue weighted by atomic mass is 16.2. The number of carbonyl (C=O) groups excluding carboxylic acids is 1. The van der Waals surface area contributed by atoms with E-state index in [4.69, 9.17) is 0 Å². The molecule has 0 aliphatic heterocycles. The third kappa shape index (κ3) is 3.58. The number of amides is 1. The van der Waals surface area contributed by atoms with E-state index in [1.807, 2.05) is 54.6 Å². The first-order valence-electron chi connectivity index (χ1n) is 6.83. The number of allylic oxidation sites excluding steroid dienone is 5. The lowest BCUT2D eigenvalue weighted by atomic mass is 10.0. The predicted octanol–water partition coefficient (Wildman–Crippen LogP) is 4.04. The Morgan fingerprint density at radius 1 is 1.30 bits per heavy atom. The van der Waals surface area contributed by atoms with Crippen molar-refractivity contribution in [3.05, 3.63) is 78.9 Å². The van der Waals surface area contributed by atoms with Gasteiger partial charge in [0.1, 0.15) is 0 Å². The minimum atomic E-state index is 0.0780. The Morgan fingerprint density at radius 3 is 2.75 bits per heavy atom. The van der Waals surface area contributed by atoms with Crippen molar-refractivity contribution in [3.8, 4) is 0 Å². The van der Waals surface area contributed by atoms with E-state index in [1.54, 1.807) is 11.0 Å². The van der Waals surface area contributed by atoms with Crippen LogP contribution in [0.5, 0.6) is 0 Å². The normalized spacial score (nSPS) is 14.1. The Balaban J connectivity index is 2.24. The first kappa shape index (κ1) is 14.1. The van der Waals surface area contributed by atoms with Crippen LogP contribution in [0, 0.1) is 0 Å². The molecule has 2 nitrogen and oxygen atoms in total. The van der Waals surface area contributed by atoms with Crippen LogP contribution in [-0.4, -0.2) is 12.5 Å². The molecule has 1 amide bonds. The number of carbonyl (C=O) groups is 1. The maximum Gasteiger partial charge on any atom is 0.254 e. The molecule has 1 aromatic rings. The monoisotopic (exact) mass is 265 g/mol. The van der Waals surface area contributed by atoms with E-state index >= 15 is 0 Å². The molecular weight excluding hydrogens is 246 g/mol. The fourth-order valence-electron chi connectivity index (χ4n) is 2.13. The molecule has 0 radical (unpaired) electrons. The molecule has 2 heteroatoms. The Labute approximate surface area is 120 Å². The van der Waals surface area contributed by atoms with Gasteiger partial charge in [0.05, 0.1) is 0 Å². The quantitative estimate of drug-likeness (QED) is 0.736. The van der Waals surface area contributed by atoms with Crippen molar-refractivity contribution in [2.45, 2.75) is 12.8 Å². The average molecular weight is 265 g/mol. The van der Waals surface area contributed by atoms with Gasteiger partial charge >= 0.3 is 0 Å². The molecule has 102 valence electrons. The molecule has 2 rings (SSSR count). The summed E-state index contributed by atoms with van der Waals surface area (Å²) in [7, 11) is 0. The zero-order chi connectivity index (χ0) is 14.2. The van der Waals surface area contributed by atoms with Crippen LogP contribution in [0.15, 0.2) is 78.9 Å². The van der Waals surface area contributed by atoms with Crippen molar-refractivity contribution in [3.63, 3.8) is 0 Å². The third-order valence-corrected chi connectivity index (χ3v) is 3.16. The molecule has 1 aliphatic rings. The van der Waals surface area contributed by atoms with Gasteiger partial charge in [0.25, 0.3) is 5.91 Å². The number of hydrogen-bond donors (Lipinski definition) is 0. The molecule has 1 aromatic carbocycles.